The summed E-state index contributed by atoms with van der Waals surface area (Å²) in [5, 5.41) is 0. The molecule has 1 amide bonds. The normalized spacial score (nSPS) is 15.7. The van der Waals surface area contributed by atoms with Gasteiger partial charge in [0.25, 0.3) is 5.91 Å². The maximum Gasteiger partial charge on any atom is 0.255 e. The number of amides is 1. The molecule has 1 saturated heterocycles. The Morgan fingerprint density at radius 1 is 1.00 bits per heavy atom. The Hall–Kier alpha value is -2.29. The van der Waals surface area contributed by atoms with Gasteiger partial charge < -0.3 is 10.6 Å². The van der Waals surface area contributed by atoms with Crippen molar-refractivity contribution in [3.63, 3.8) is 0 Å². The molecule has 114 valence electrons. The molecule has 1 fully saturated rings. The maximum absolute atomic E-state index is 12.5. The minimum absolute atomic E-state index is 0.0660. The van der Waals surface area contributed by atoms with Crippen molar-refractivity contribution in [2.75, 3.05) is 18.8 Å². The van der Waals surface area contributed by atoms with Gasteiger partial charge in [0.2, 0.25) is 0 Å². The first-order chi connectivity index (χ1) is 10.7. The van der Waals surface area contributed by atoms with Crippen LogP contribution in [0.4, 0.5) is 5.69 Å². The Labute approximate surface area is 131 Å². The van der Waals surface area contributed by atoms with Crippen LogP contribution in [0, 0.1) is 5.92 Å². The minimum atomic E-state index is 0.0660. The zero-order valence-corrected chi connectivity index (χ0v) is 12.7. The number of carbonyl (C=O) groups excluding carboxylic acids is 1. The van der Waals surface area contributed by atoms with Crippen LogP contribution in [0.3, 0.4) is 0 Å². The Morgan fingerprint density at radius 3 is 2.32 bits per heavy atom. The Bertz CT molecular complexity index is 631. The summed E-state index contributed by atoms with van der Waals surface area (Å²) in [6.45, 7) is 1.65. The molecular weight excluding hydrogens is 272 g/mol. The fourth-order valence-electron chi connectivity index (χ4n) is 3.15. The zero-order chi connectivity index (χ0) is 15.4. The van der Waals surface area contributed by atoms with Crippen LogP contribution in [-0.4, -0.2) is 23.9 Å². The molecule has 0 aliphatic carbocycles. The van der Waals surface area contributed by atoms with Gasteiger partial charge in [-0.1, -0.05) is 42.5 Å². The van der Waals surface area contributed by atoms with Crippen LogP contribution >= 0.6 is 0 Å². The van der Waals surface area contributed by atoms with Crippen LogP contribution in [0.1, 0.15) is 28.8 Å². The number of likely N-dealkylation sites (tertiary alicyclic amines) is 1. The van der Waals surface area contributed by atoms with E-state index in [2.05, 4.69) is 30.3 Å². The van der Waals surface area contributed by atoms with Crippen molar-refractivity contribution in [1.82, 2.24) is 4.90 Å². The van der Waals surface area contributed by atoms with E-state index in [1.807, 2.05) is 23.1 Å². The number of nitrogens with two attached hydrogens (primary N) is 1. The van der Waals surface area contributed by atoms with E-state index in [-0.39, 0.29) is 5.91 Å². The number of benzene rings is 2. The number of para-hydroxylation sites is 1. The molecule has 1 aliphatic rings. The third kappa shape index (κ3) is 3.30. The highest BCUT2D eigenvalue weighted by Gasteiger charge is 2.24. The summed E-state index contributed by atoms with van der Waals surface area (Å²) in [6.07, 6.45) is 3.23. The van der Waals surface area contributed by atoms with Crippen molar-refractivity contribution in [2.45, 2.75) is 19.3 Å². The number of rotatable bonds is 3. The minimum Gasteiger partial charge on any atom is -0.398 e. The second-order valence-electron chi connectivity index (χ2n) is 6.01. The van der Waals surface area contributed by atoms with Crippen LogP contribution in [0.15, 0.2) is 54.6 Å². The smallest absolute Gasteiger partial charge is 0.255 e. The molecule has 0 spiro atoms. The summed E-state index contributed by atoms with van der Waals surface area (Å²) < 4.78 is 0. The predicted molar refractivity (Wildman–Crippen MR) is 89.6 cm³/mol. The van der Waals surface area contributed by atoms with Gasteiger partial charge in [-0.3, -0.25) is 4.79 Å². The van der Waals surface area contributed by atoms with Crippen molar-refractivity contribution in [2.24, 2.45) is 5.92 Å². The summed E-state index contributed by atoms with van der Waals surface area (Å²) in [7, 11) is 0. The highest BCUT2D eigenvalue weighted by Crippen LogP contribution is 2.24. The highest BCUT2D eigenvalue weighted by atomic mass is 16.2. The van der Waals surface area contributed by atoms with Crippen molar-refractivity contribution >= 4 is 11.6 Å². The summed E-state index contributed by atoms with van der Waals surface area (Å²) in [5.41, 5.74) is 8.50. The molecule has 0 bridgehead atoms. The van der Waals surface area contributed by atoms with Crippen LogP contribution in [0.25, 0.3) is 0 Å². The molecule has 3 heteroatoms. The predicted octanol–water partition coefficient (Wildman–Crippen LogP) is 3.36. The molecule has 1 aliphatic heterocycles. The highest BCUT2D eigenvalue weighted by molar-refractivity contribution is 5.99. The van der Waals surface area contributed by atoms with E-state index >= 15 is 0 Å². The molecule has 1 heterocycles. The van der Waals surface area contributed by atoms with Gasteiger partial charge in [-0.25, -0.2) is 0 Å². The number of hydrogen-bond donors (Lipinski definition) is 1. The molecule has 2 N–H and O–H groups in total. The first-order valence-corrected chi connectivity index (χ1v) is 7.92. The van der Waals surface area contributed by atoms with Crippen LogP contribution in [0.2, 0.25) is 0 Å². The molecular formula is C19H22N2O. The molecule has 3 rings (SSSR count). The van der Waals surface area contributed by atoms with Crippen LogP contribution in [0.5, 0.6) is 0 Å². The van der Waals surface area contributed by atoms with E-state index in [9.17, 15) is 4.79 Å². The topological polar surface area (TPSA) is 46.3 Å². The van der Waals surface area contributed by atoms with E-state index < -0.39 is 0 Å². The molecule has 0 atom stereocenters. The van der Waals surface area contributed by atoms with Gasteiger partial charge in [0.1, 0.15) is 0 Å². The Balaban J connectivity index is 1.58. The van der Waals surface area contributed by atoms with Gasteiger partial charge in [0.05, 0.1) is 5.56 Å². The van der Waals surface area contributed by atoms with Crippen molar-refractivity contribution in [3.8, 4) is 0 Å². The number of nitrogen functional groups attached to an aromatic ring is 1. The second kappa shape index (κ2) is 6.65. The number of piperidine rings is 1. The van der Waals surface area contributed by atoms with Crippen LogP contribution < -0.4 is 5.73 Å². The average Bonchev–Trinajstić information content (AvgIpc) is 2.56. The standard InChI is InChI=1S/C19H22N2O/c20-18-9-5-4-8-17(18)19(22)21-12-10-16(11-13-21)14-15-6-2-1-3-7-15/h1-9,16H,10-14,20H2. The van der Waals surface area contributed by atoms with E-state index in [0.29, 0.717) is 17.2 Å². The van der Waals surface area contributed by atoms with Crippen molar-refractivity contribution in [3.05, 3.63) is 65.7 Å². The largest absolute Gasteiger partial charge is 0.398 e. The molecule has 0 aromatic heterocycles. The number of carbonyl (C=O) groups is 1. The lowest BCUT2D eigenvalue weighted by Gasteiger charge is -2.32. The molecule has 0 radical (unpaired) electrons. The maximum atomic E-state index is 12.5. The van der Waals surface area contributed by atoms with E-state index in [1.165, 1.54) is 5.56 Å². The third-order valence-corrected chi connectivity index (χ3v) is 4.46. The van der Waals surface area contributed by atoms with Gasteiger partial charge >= 0.3 is 0 Å². The molecule has 2 aromatic rings. The SMILES string of the molecule is Nc1ccccc1C(=O)N1CCC(Cc2ccccc2)CC1. The van der Waals surface area contributed by atoms with Crippen molar-refractivity contribution < 1.29 is 4.79 Å². The molecule has 0 unspecified atom stereocenters. The lowest BCUT2D eigenvalue weighted by Crippen LogP contribution is -2.39. The Morgan fingerprint density at radius 2 is 1.64 bits per heavy atom. The molecule has 22 heavy (non-hydrogen) atoms. The summed E-state index contributed by atoms with van der Waals surface area (Å²) in [6, 6.07) is 17.9. The van der Waals surface area contributed by atoms with E-state index in [4.69, 9.17) is 5.73 Å². The van der Waals surface area contributed by atoms with E-state index in [1.54, 1.807) is 6.07 Å². The summed E-state index contributed by atoms with van der Waals surface area (Å²) in [5.74, 6) is 0.732. The second-order valence-corrected chi connectivity index (χ2v) is 6.01. The first-order valence-electron chi connectivity index (χ1n) is 7.92. The van der Waals surface area contributed by atoms with Gasteiger partial charge in [-0.2, -0.15) is 0 Å². The fourth-order valence-corrected chi connectivity index (χ4v) is 3.15. The van der Waals surface area contributed by atoms with Gasteiger partial charge in [0, 0.05) is 18.8 Å². The zero-order valence-electron chi connectivity index (χ0n) is 12.7. The lowest BCUT2D eigenvalue weighted by atomic mass is 9.90. The van der Waals surface area contributed by atoms with E-state index in [0.717, 1.165) is 32.4 Å². The van der Waals surface area contributed by atoms with Crippen LogP contribution in [-0.2, 0) is 6.42 Å². The third-order valence-electron chi connectivity index (χ3n) is 4.46. The number of anilines is 1. The summed E-state index contributed by atoms with van der Waals surface area (Å²) >= 11 is 0. The number of nitrogens with zero attached hydrogens (tertiary/aromatic N) is 1. The van der Waals surface area contributed by atoms with Gasteiger partial charge in [-0.05, 0) is 42.9 Å². The first kappa shape index (κ1) is 14.6. The summed E-state index contributed by atoms with van der Waals surface area (Å²) in [4.78, 5) is 14.5. The average molecular weight is 294 g/mol. The van der Waals surface area contributed by atoms with Gasteiger partial charge in [-0.15, -0.1) is 0 Å². The monoisotopic (exact) mass is 294 g/mol. The fraction of sp³-hybridized carbons (Fsp3) is 0.316. The quantitative estimate of drug-likeness (QED) is 0.882. The Kier molecular flexibility index (Phi) is 4.42. The molecule has 3 nitrogen and oxygen atoms in total. The lowest BCUT2D eigenvalue weighted by molar-refractivity contribution is 0.0691. The van der Waals surface area contributed by atoms with Gasteiger partial charge in [0.15, 0.2) is 0 Å². The van der Waals surface area contributed by atoms with Crippen molar-refractivity contribution in [1.29, 1.82) is 0 Å². The number of hydrogen-bond acceptors (Lipinski definition) is 2. The molecule has 2 aromatic carbocycles. The molecule has 0 saturated carbocycles.